The van der Waals surface area contributed by atoms with Crippen LogP contribution in [0.15, 0.2) is 51.8 Å². The molecule has 0 radical (unpaired) electrons. The highest BCUT2D eigenvalue weighted by molar-refractivity contribution is 9.10. The zero-order chi connectivity index (χ0) is 21.0. The van der Waals surface area contributed by atoms with Crippen molar-refractivity contribution in [3.63, 3.8) is 0 Å². The summed E-state index contributed by atoms with van der Waals surface area (Å²) in [7, 11) is -3.98. The summed E-state index contributed by atoms with van der Waals surface area (Å²) >= 11 is 3.12. The zero-order valence-electron chi connectivity index (χ0n) is 15.6. The fraction of sp³-hybridized carbons (Fsp3) is 0.316. The Labute approximate surface area is 177 Å². The van der Waals surface area contributed by atoms with E-state index in [9.17, 15) is 17.6 Å². The number of hydrogen-bond acceptors (Lipinski definition) is 5. The van der Waals surface area contributed by atoms with Crippen molar-refractivity contribution in [2.45, 2.75) is 17.9 Å². The van der Waals surface area contributed by atoms with E-state index < -0.39 is 21.9 Å². The summed E-state index contributed by atoms with van der Waals surface area (Å²) in [5.41, 5.74) is -0.154. The predicted octanol–water partition coefficient (Wildman–Crippen LogP) is 3.02. The third kappa shape index (κ3) is 5.46. The van der Waals surface area contributed by atoms with Crippen LogP contribution in [0.4, 0.5) is 10.1 Å². The molecule has 10 heteroatoms. The second-order valence-corrected chi connectivity index (χ2v) is 9.00. The Morgan fingerprint density at radius 2 is 1.86 bits per heavy atom. The first-order valence-electron chi connectivity index (χ1n) is 8.87. The molecule has 0 saturated carbocycles. The van der Waals surface area contributed by atoms with Gasteiger partial charge in [-0.2, -0.15) is 0 Å². The lowest BCUT2D eigenvalue weighted by Crippen LogP contribution is -2.46. The topological polar surface area (TPSA) is 84.9 Å². The van der Waals surface area contributed by atoms with E-state index in [1.807, 2.05) is 0 Å². The molecule has 0 unspecified atom stereocenters. The average Bonchev–Trinajstić information content (AvgIpc) is 2.70. The molecular formula is C19H20BrFN2O5S. The number of benzene rings is 2. The van der Waals surface area contributed by atoms with Crippen LogP contribution in [-0.4, -0.2) is 51.6 Å². The van der Waals surface area contributed by atoms with E-state index in [0.717, 1.165) is 0 Å². The predicted molar refractivity (Wildman–Crippen MR) is 109 cm³/mol. The number of morpholine rings is 1. The Bertz CT molecular complexity index is 979. The van der Waals surface area contributed by atoms with Gasteiger partial charge in [-0.15, -0.1) is 0 Å². The molecule has 1 amide bonds. The lowest BCUT2D eigenvalue weighted by molar-refractivity contribution is -0.142. The molecule has 0 bridgehead atoms. The summed E-state index contributed by atoms with van der Waals surface area (Å²) in [6.07, 6.45) is -0.717. The van der Waals surface area contributed by atoms with Crippen molar-refractivity contribution in [3.8, 4) is 5.75 Å². The summed E-state index contributed by atoms with van der Waals surface area (Å²) < 4.78 is 52.5. The van der Waals surface area contributed by atoms with Crippen molar-refractivity contribution >= 4 is 37.5 Å². The first-order chi connectivity index (χ1) is 13.8. The fourth-order valence-corrected chi connectivity index (χ4v) is 4.17. The van der Waals surface area contributed by atoms with Crippen LogP contribution in [0.1, 0.15) is 6.92 Å². The number of ether oxygens (including phenoxy) is 2. The number of carbonyl (C=O) groups is 1. The van der Waals surface area contributed by atoms with Crippen molar-refractivity contribution < 1.29 is 27.1 Å². The van der Waals surface area contributed by atoms with Crippen molar-refractivity contribution in [2.75, 3.05) is 31.0 Å². The molecular weight excluding hydrogens is 467 g/mol. The van der Waals surface area contributed by atoms with Crippen LogP contribution in [-0.2, 0) is 19.6 Å². The van der Waals surface area contributed by atoms with Crippen molar-refractivity contribution in [2.24, 2.45) is 0 Å². The van der Waals surface area contributed by atoms with E-state index in [2.05, 4.69) is 20.7 Å². The molecule has 1 atom stereocenters. The quantitative estimate of drug-likeness (QED) is 0.678. The zero-order valence-corrected chi connectivity index (χ0v) is 18.0. The van der Waals surface area contributed by atoms with E-state index in [1.165, 1.54) is 42.5 Å². The van der Waals surface area contributed by atoms with Crippen LogP contribution < -0.4 is 9.46 Å². The monoisotopic (exact) mass is 486 g/mol. The molecule has 1 N–H and O–H groups in total. The Hall–Kier alpha value is -2.17. The van der Waals surface area contributed by atoms with Gasteiger partial charge in [-0.25, -0.2) is 12.8 Å². The third-order valence-corrected chi connectivity index (χ3v) is 6.17. The van der Waals surface area contributed by atoms with Gasteiger partial charge in [0, 0.05) is 17.6 Å². The Kier molecular flexibility index (Phi) is 6.76. The molecule has 0 spiro atoms. The summed E-state index contributed by atoms with van der Waals surface area (Å²) in [4.78, 5) is 14.0. The van der Waals surface area contributed by atoms with Crippen LogP contribution in [0.3, 0.4) is 0 Å². The van der Waals surface area contributed by atoms with Gasteiger partial charge in [0.1, 0.15) is 11.6 Å². The highest BCUT2D eigenvalue weighted by Gasteiger charge is 2.24. The molecule has 1 aliphatic heterocycles. The first-order valence-corrected chi connectivity index (χ1v) is 11.1. The van der Waals surface area contributed by atoms with Gasteiger partial charge in [0.15, 0.2) is 6.10 Å². The fourth-order valence-electron chi connectivity index (χ4n) is 2.77. The van der Waals surface area contributed by atoms with Gasteiger partial charge in [-0.3, -0.25) is 9.52 Å². The highest BCUT2D eigenvalue weighted by atomic mass is 79.9. The van der Waals surface area contributed by atoms with Crippen LogP contribution in [0, 0.1) is 5.82 Å². The van der Waals surface area contributed by atoms with Gasteiger partial charge >= 0.3 is 0 Å². The summed E-state index contributed by atoms with van der Waals surface area (Å²) in [6, 6.07) is 9.60. The van der Waals surface area contributed by atoms with Gasteiger partial charge in [0.05, 0.1) is 23.8 Å². The minimum Gasteiger partial charge on any atom is -0.481 e. The first kappa shape index (κ1) is 21.5. The maximum absolute atomic E-state index is 13.9. The van der Waals surface area contributed by atoms with Crippen LogP contribution >= 0.6 is 15.9 Å². The number of hydrogen-bond donors (Lipinski definition) is 1. The van der Waals surface area contributed by atoms with Gasteiger partial charge in [0.2, 0.25) is 0 Å². The summed E-state index contributed by atoms with van der Waals surface area (Å²) in [6.45, 7) is 3.66. The van der Waals surface area contributed by atoms with Crippen molar-refractivity contribution in [3.05, 3.63) is 52.8 Å². The standard InChI is InChI=1S/C19H20BrFN2O5S/c1-13(19(24)23-8-10-27-11-9-23)28-15-3-5-16(6-4-15)29(25,26)22-18-7-2-14(20)12-17(18)21/h2-7,12-13,22H,8-11H2,1H3/t13-/m1/s1. The molecule has 0 aliphatic carbocycles. The molecule has 3 rings (SSSR count). The maximum atomic E-state index is 13.9. The van der Waals surface area contributed by atoms with Crippen LogP contribution in [0.25, 0.3) is 0 Å². The van der Waals surface area contributed by atoms with E-state index >= 15 is 0 Å². The molecule has 1 saturated heterocycles. The number of sulfonamides is 1. The molecule has 2 aromatic rings. The summed E-state index contributed by atoms with van der Waals surface area (Å²) in [5, 5.41) is 0. The number of nitrogens with zero attached hydrogens (tertiary/aromatic N) is 1. The number of rotatable bonds is 6. The van der Waals surface area contributed by atoms with Gasteiger partial charge in [0.25, 0.3) is 15.9 Å². The molecule has 2 aromatic carbocycles. The lowest BCUT2D eigenvalue weighted by atomic mass is 10.3. The number of amides is 1. The van der Waals surface area contributed by atoms with E-state index in [1.54, 1.807) is 11.8 Å². The number of carbonyl (C=O) groups excluding carboxylic acids is 1. The van der Waals surface area contributed by atoms with Gasteiger partial charge in [-0.1, -0.05) is 15.9 Å². The SMILES string of the molecule is C[C@@H](Oc1ccc(S(=O)(=O)Nc2ccc(Br)cc2F)cc1)C(=O)N1CCOCC1. The van der Waals surface area contributed by atoms with Gasteiger partial charge < -0.3 is 14.4 Å². The molecule has 1 aliphatic rings. The Morgan fingerprint density at radius 3 is 2.48 bits per heavy atom. The highest BCUT2D eigenvalue weighted by Crippen LogP contribution is 2.24. The average molecular weight is 487 g/mol. The minimum atomic E-state index is -3.98. The largest absolute Gasteiger partial charge is 0.481 e. The number of anilines is 1. The van der Waals surface area contributed by atoms with E-state index in [4.69, 9.17) is 9.47 Å². The molecule has 1 heterocycles. The minimum absolute atomic E-state index is 0.0562. The molecule has 29 heavy (non-hydrogen) atoms. The Morgan fingerprint density at radius 1 is 1.21 bits per heavy atom. The number of halogens is 2. The van der Waals surface area contributed by atoms with E-state index in [-0.39, 0.29) is 16.5 Å². The van der Waals surface area contributed by atoms with Crippen LogP contribution in [0.5, 0.6) is 5.75 Å². The Balaban J connectivity index is 1.66. The van der Waals surface area contributed by atoms with E-state index in [0.29, 0.717) is 36.5 Å². The smallest absolute Gasteiger partial charge is 0.263 e. The number of nitrogens with one attached hydrogen (secondary N) is 1. The normalized spacial score (nSPS) is 15.6. The molecule has 1 fully saturated rings. The molecule has 7 nitrogen and oxygen atoms in total. The van der Waals surface area contributed by atoms with Gasteiger partial charge in [-0.05, 0) is 49.4 Å². The molecule has 0 aromatic heterocycles. The molecule has 156 valence electrons. The summed E-state index contributed by atoms with van der Waals surface area (Å²) in [5.74, 6) is -0.497. The van der Waals surface area contributed by atoms with Crippen LogP contribution in [0.2, 0.25) is 0 Å². The third-order valence-electron chi connectivity index (χ3n) is 4.29. The second kappa shape index (κ2) is 9.10. The maximum Gasteiger partial charge on any atom is 0.263 e. The van der Waals surface area contributed by atoms with Crippen molar-refractivity contribution in [1.29, 1.82) is 0 Å². The lowest BCUT2D eigenvalue weighted by Gasteiger charge is -2.29. The van der Waals surface area contributed by atoms with Crippen molar-refractivity contribution in [1.82, 2.24) is 4.90 Å². The second-order valence-electron chi connectivity index (χ2n) is 6.40.